The van der Waals surface area contributed by atoms with E-state index >= 15 is 0 Å². The first-order chi connectivity index (χ1) is 26.2. The molecule has 0 fully saturated rings. The average molecular weight is 699 g/mol. The fourth-order valence-corrected chi connectivity index (χ4v) is 7.87. The SMILES string of the molecule is Cc1ccc(C2=C3C=CC(=N3)C(c3ccc(C)cc3)=c3ccc(n3C)=C(c3ccc(C)cc3)C3=NC(=C(c4ccc(C)cc4)c4cc2cn4C)C=C3)cc1. The largest absolute Gasteiger partial charge is 0.350 e. The van der Waals surface area contributed by atoms with Gasteiger partial charge in [-0.25, -0.2) is 9.98 Å². The van der Waals surface area contributed by atoms with Crippen LogP contribution in [0.5, 0.6) is 0 Å². The molecule has 3 aliphatic heterocycles. The first-order valence-corrected chi connectivity index (χ1v) is 18.6. The first-order valence-electron chi connectivity index (χ1n) is 18.6. The standard InChI is InChI=1S/C50H42N4/c1-31-7-15-35(16-8-31)47-39-29-46(53(5)30-39)50(38-21-13-34(4)14-22-38)43-26-25-42(52-43)49(37-19-11-33(3)12-20-37)45-28-27-44(54(45)6)48(41-24-23-40(47)51-41)36-17-9-32(2)10-18-36/h7-30H,1-6H3. The molecule has 2 aromatic heterocycles. The van der Waals surface area contributed by atoms with E-state index in [4.69, 9.17) is 9.98 Å². The number of nitrogens with zero attached hydrogens (tertiary/aromatic N) is 4. The average Bonchev–Trinajstić information content (AvgIpc) is 3.99. The normalized spacial score (nSPS) is 15.1. The monoisotopic (exact) mass is 698 g/mol. The summed E-state index contributed by atoms with van der Waals surface area (Å²) in [5.41, 5.74) is 19.7. The van der Waals surface area contributed by atoms with Gasteiger partial charge in [-0.15, -0.1) is 0 Å². The van der Waals surface area contributed by atoms with Crippen molar-refractivity contribution >= 4 is 33.7 Å². The lowest BCUT2D eigenvalue weighted by atomic mass is 9.95. The topological polar surface area (TPSA) is 34.6 Å². The van der Waals surface area contributed by atoms with Gasteiger partial charge < -0.3 is 9.13 Å². The second-order valence-corrected chi connectivity index (χ2v) is 14.8. The van der Waals surface area contributed by atoms with Gasteiger partial charge in [0.2, 0.25) is 0 Å². The maximum atomic E-state index is 5.51. The summed E-state index contributed by atoms with van der Waals surface area (Å²) in [6.45, 7) is 8.54. The van der Waals surface area contributed by atoms with E-state index in [1.807, 2.05) is 0 Å². The van der Waals surface area contributed by atoms with Crippen molar-refractivity contribution in [3.8, 4) is 0 Å². The minimum atomic E-state index is 0.935. The number of rotatable bonds is 4. The smallest absolute Gasteiger partial charge is 0.0737 e. The van der Waals surface area contributed by atoms with Crippen LogP contribution in [0.1, 0.15) is 55.8 Å². The lowest BCUT2D eigenvalue weighted by Gasteiger charge is -2.13. The lowest BCUT2D eigenvalue weighted by Crippen LogP contribution is -2.30. The van der Waals surface area contributed by atoms with Crippen LogP contribution in [0, 0.1) is 27.7 Å². The number of allylic oxidation sites excluding steroid dienone is 4. The Labute approximate surface area is 317 Å². The Bertz CT molecular complexity index is 2800. The van der Waals surface area contributed by atoms with Crippen molar-refractivity contribution in [2.75, 3.05) is 0 Å². The number of fused-ring (bicyclic) bond motifs is 6. The van der Waals surface area contributed by atoms with Crippen LogP contribution in [0.15, 0.2) is 167 Å². The van der Waals surface area contributed by atoms with Gasteiger partial charge in [-0.3, -0.25) is 0 Å². The molecule has 0 atom stereocenters. The van der Waals surface area contributed by atoms with Gasteiger partial charge >= 0.3 is 0 Å². The number of aryl methyl sites for hydroxylation is 5. The quantitative estimate of drug-likeness (QED) is 0.176. The van der Waals surface area contributed by atoms with Crippen molar-refractivity contribution in [1.29, 1.82) is 0 Å². The van der Waals surface area contributed by atoms with Crippen LogP contribution in [-0.4, -0.2) is 20.6 Å². The highest BCUT2D eigenvalue weighted by molar-refractivity contribution is 6.31. The predicted molar refractivity (Wildman–Crippen MR) is 225 cm³/mol. The number of hydrogen-bond donors (Lipinski definition) is 0. The van der Waals surface area contributed by atoms with Gasteiger partial charge in [-0.05, 0) is 92.5 Å². The van der Waals surface area contributed by atoms with Crippen molar-refractivity contribution in [3.63, 3.8) is 0 Å². The molecule has 4 nitrogen and oxygen atoms in total. The molecule has 0 amide bonds. The van der Waals surface area contributed by atoms with E-state index in [1.54, 1.807) is 0 Å². The summed E-state index contributed by atoms with van der Waals surface area (Å²) in [6.07, 6.45) is 11.0. The van der Waals surface area contributed by atoms with E-state index in [-0.39, 0.29) is 0 Å². The van der Waals surface area contributed by atoms with Gasteiger partial charge in [-0.2, -0.15) is 0 Å². The number of aliphatic imine (C=N–C) groups is 2. The Morgan fingerprint density at radius 2 is 0.759 bits per heavy atom. The Morgan fingerprint density at radius 1 is 0.389 bits per heavy atom. The van der Waals surface area contributed by atoms with Gasteiger partial charge in [0, 0.05) is 48.1 Å². The molecular formula is C50H42N4. The molecule has 3 aliphatic rings. The molecule has 6 aromatic rings. The highest BCUT2D eigenvalue weighted by Gasteiger charge is 2.25. The Balaban J connectivity index is 1.45. The zero-order valence-corrected chi connectivity index (χ0v) is 31.6. The summed E-state index contributed by atoms with van der Waals surface area (Å²) in [5, 5.41) is 2.18. The molecule has 0 aliphatic carbocycles. The second kappa shape index (κ2) is 13.2. The van der Waals surface area contributed by atoms with E-state index in [1.165, 1.54) is 22.3 Å². The minimum Gasteiger partial charge on any atom is -0.350 e. The van der Waals surface area contributed by atoms with Crippen LogP contribution in [0.25, 0.3) is 22.3 Å². The number of benzene rings is 4. The van der Waals surface area contributed by atoms with E-state index in [0.717, 1.165) is 89.3 Å². The molecule has 9 rings (SSSR count). The summed E-state index contributed by atoms with van der Waals surface area (Å²) in [6, 6.07) is 42.0. The fraction of sp³-hybridized carbons (Fsp3) is 0.120. The van der Waals surface area contributed by atoms with E-state index in [9.17, 15) is 0 Å². The third-order valence-corrected chi connectivity index (χ3v) is 10.8. The van der Waals surface area contributed by atoms with Gasteiger partial charge in [0.05, 0.1) is 39.2 Å². The molecule has 54 heavy (non-hydrogen) atoms. The summed E-state index contributed by atoms with van der Waals surface area (Å²) < 4.78 is 4.56. The van der Waals surface area contributed by atoms with Crippen molar-refractivity contribution in [3.05, 3.63) is 224 Å². The van der Waals surface area contributed by atoms with Crippen LogP contribution in [0.4, 0.5) is 0 Å². The van der Waals surface area contributed by atoms with Crippen LogP contribution in [0.3, 0.4) is 0 Å². The third-order valence-electron chi connectivity index (χ3n) is 10.8. The summed E-state index contributed by atoms with van der Waals surface area (Å²) >= 11 is 0. The predicted octanol–water partition coefficient (Wildman–Crippen LogP) is 9.25. The van der Waals surface area contributed by atoms with Gasteiger partial charge in [-0.1, -0.05) is 119 Å². The van der Waals surface area contributed by atoms with Gasteiger partial charge in [0.25, 0.3) is 0 Å². The highest BCUT2D eigenvalue weighted by atomic mass is 14.9. The van der Waals surface area contributed by atoms with Crippen molar-refractivity contribution in [2.24, 2.45) is 24.1 Å². The molecule has 8 bridgehead atoms. The second-order valence-electron chi connectivity index (χ2n) is 14.8. The van der Waals surface area contributed by atoms with Crippen LogP contribution >= 0.6 is 0 Å². The van der Waals surface area contributed by atoms with Crippen molar-refractivity contribution in [1.82, 2.24) is 9.13 Å². The van der Waals surface area contributed by atoms with Gasteiger partial charge in [0.15, 0.2) is 0 Å². The van der Waals surface area contributed by atoms with E-state index in [2.05, 4.69) is 197 Å². The first kappa shape index (κ1) is 33.3. The van der Waals surface area contributed by atoms with Crippen LogP contribution < -0.4 is 10.7 Å². The summed E-state index contributed by atoms with van der Waals surface area (Å²) in [4.78, 5) is 11.0. The maximum Gasteiger partial charge on any atom is 0.0737 e. The molecule has 0 saturated heterocycles. The van der Waals surface area contributed by atoms with Crippen molar-refractivity contribution < 1.29 is 0 Å². The zero-order chi connectivity index (χ0) is 37.1. The Morgan fingerprint density at radius 3 is 1.19 bits per heavy atom. The number of hydrogen-bond acceptors (Lipinski definition) is 2. The molecule has 0 unspecified atom stereocenters. The minimum absolute atomic E-state index is 0.935. The molecule has 0 N–H and O–H groups in total. The molecule has 262 valence electrons. The molecule has 0 radical (unpaired) electrons. The molecule has 5 heterocycles. The zero-order valence-electron chi connectivity index (χ0n) is 31.6. The summed E-state index contributed by atoms with van der Waals surface area (Å²) in [7, 11) is 4.31. The van der Waals surface area contributed by atoms with E-state index < -0.39 is 0 Å². The fourth-order valence-electron chi connectivity index (χ4n) is 7.87. The molecule has 0 saturated carbocycles. The van der Waals surface area contributed by atoms with Gasteiger partial charge in [0.1, 0.15) is 0 Å². The van der Waals surface area contributed by atoms with Crippen LogP contribution in [0.2, 0.25) is 0 Å². The third kappa shape index (κ3) is 5.81. The van der Waals surface area contributed by atoms with Crippen LogP contribution in [-0.2, 0) is 14.1 Å². The maximum absolute atomic E-state index is 5.51. The molecule has 4 aromatic carbocycles. The highest BCUT2D eigenvalue weighted by Crippen LogP contribution is 2.38. The Kier molecular flexibility index (Phi) is 8.12. The van der Waals surface area contributed by atoms with Crippen molar-refractivity contribution in [2.45, 2.75) is 27.7 Å². The summed E-state index contributed by atoms with van der Waals surface area (Å²) in [5.74, 6) is 0. The number of aromatic nitrogens is 2. The lowest BCUT2D eigenvalue weighted by molar-refractivity contribution is 0.856. The molecular weight excluding hydrogens is 657 g/mol. The molecule has 0 spiro atoms. The molecule has 4 heteroatoms. The van der Waals surface area contributed by atoms with E-state index in [0.29, 0.717) is 0 Å². The Hall–Kier alpha value is -6.52.